The minimum absolute atomic E-state index is 0.245. The number of carbonyl (C=O) groups is 1. The number of rotatable bonds is 3. The molecule has 1 rings (SSSR count). The summed E-state index contributed by atoms with van der Waals surface area (Å²) in [6, 6.07) is 2.77. The first-order valence-corrected chi connectivity index (χ1v) is 3.72. The third kappa shape index (κ3) is 2.13. The Morgan fingerprint density at radius 1 is 1.20 bits per heavy atom. The van der Waals surface area contributed by atoms with Crippen molar-refractivity contribution in [2.45, 2.75) is 0 Å². The summed E-state index contributed by atoms with van der Waals surface area (Å²) >= 11 is 0. The van der Waals surface area contributed by atoms with Crippen molar-refractivity contribution in [2.24, 2.45) is 0 Å². The van der Waals surface area contributed by atoms with E-state index in [1.54, 1.807) is 0 Å². The van der Waals surface area contributed by atoms with Gasteiger partial charge in [0.2, 0.25) is 0 Å². The van der Waals surface area contributed by atoms with Crippen LogP contribution in [-0.4, -0.2) is 15.6 Å². The molecule has 0 atom stereocenters. The van der Waals surface area contributed by atoms with Crippen LogP contribution in [0.1, 0.15) is 10.4 Å². The van der Waals surface area contributed by atoms with E-state index in [1.165, 1.54) is 0 Å². The van der Waals surface area contributed by atoms with E-state index in [4.69, 9.17) is 0 Å². The molecule has 7 heteroatoms. The van der Waals surface area contributed by atoms with Gasteiger partial charge >= 0.3 is 0 Å². The van der Waals surface area contributed by atoms with Crippen molar-refractivity contribution in [3.8, 4) is 0 Å². The molecule has 77 valence electrons. The molecule has 0 saturated heterocycles. The van der Waals surface area contributed by atoms with E-state index in [2.05, 4.69) is 6.92 Å². The van der Waals surface area contributed by atoms with Crippen LogP contribution >= 0.6 is 0 Å². The van der Waals surface area contributed by atoms with E-state index in [0.29, 0.717) is 0 Å². The average molecular weight is 209 g/mol. The van der Waals surface area contributed by atoms with E-state index in [0.717, 1.165) is 18.2 Å². The maximum atomic E-state index is 10.9. The fourth-order valence-electron chi connectivity index (χ4n) is 1.02. The fourth-order valence-corrected chi connectivity index (χ4v) is 1.02. The molecule has 0 spiro atoms. The van der Waals surface area contributed by atoms with Crippen molar-refractivity contribution in [3.63, 3.8) is 0 Å². The van der Waals surface area contributed by atoms with Crippen LogP contribution in [-0.2, 0) is 0 Å². The number of ketones is 1. The van der Waals surface area contributed by atoms with Crippen molar-refractivity contribution in [2.75, 3.05) is 0 Å². The molecule has 0 bridgehead atoms. The van der Waals surface area contributed by atoms with Crippen LogP contribution in [0.4, 0.5) is 11.4 Å². The number of nitro benzene ring substituents is 2. The van der Waals surface area contributed by atoms with Crippen molar-refractivity contribution in [1.29, 1.82) is 0 Å². The molecule has 0 unspecified atom stereocenters. The second-order valence-corrected chi connectivity index (χ2v) is 2.64. The number of carbonyl (C=O) groups excluding carboxylic acids is 1. The molecule has 1 radical (unpaired) electrons. The summed E-state index contributed by atoms with van der Waals surface area (Å²) < 4.78 is 0. The van der Waals surface area contributed by atoms with Crippen LogP contribution in [0.5, 0.6) is 0 Å². The molecule has 0 N–H and O–H groups in total. The number of nitrogens with zero attached hydrogens (tertiary/aromatic N) is 2. The Labute approximate surface area is 83.6 Å². The monoisotopic (exact) mass is 209 g/mol. The Morgan fingerprint density at radius 2 is 1.80 bits per heavy atom. The van der Waals surface area contributed by atoms with E-state index in [9.17, 15) is 25.0 Å². The fraction of sp³-hybridized carbons (Fsp3) is 0. The number of hydrogen-bond donors (Lipinski definition) is 0. The maximum absolute atomic E-state index is 10.9. The van der Waals surface area contributed by atoms with Gasteiger partial charge in [0.25, 0.3) is 11.4 Å². The molecular weight excluding hydrogens is 204 g/mol. The largest absolute Gasteiger partial charge is 0.294 e. The smallest absolute Gasteiger partial charge is 0.287 e. The van der Waals surface area contributed by atoms with Crippen LogP contribution < -0.4 is 0 Å². The predicted octanol–water partition coefficient (Wildman–Crippen LogP) is 1.52. The molecule has 0 fully saturated rings. The van der Waals surface area contributed by atoms with Crippen LogP contribution in [0.2, 0.25) is 0 Å². The number of benzene rings is 1. The van der Waals surface area contributed by atoms with Crippen molar-refractivity contribution in [1.82, 2.24) is 0 Å². The van der Waals surface area contributed by atoms with Gasteiger partial charge in [-0.1, -0.05) is 0 Å². The lowest BCUT2D eigenvalue weighted by Gasteiger charge is -1.97. The van der Waals surface area contributed by atoms with E-state index >= 15 is 0 Å². The Morgan fingerprint density at radius 3 is 2.20 bits per heavy atom. The van der Waals surface area contributed by atoms with Crippen LogP contribution in [0, 0.1) is 27.2 Å². The number of Topliss-reactive ketones (excluding diaryl/α,β-unsaturated/α-hetero) is 1. The topological polar surface area (TPSA) is 103 Å². The maximum Gasteiger partial charge on any atom is 0.287 e. The summed E-state index contributed by atoms with van der Waals surface area (Å²) in [7, 11) is 0. The molecule has 7 nitrogen and oxygen atoms in total. The first-order chi connectivity index (χ1) is 6.93. The summed E-state index contributed by atoms with van der Waals surface area (Å²) in [5, 5.41) is 20.8. The summed E-state index contributed by atoms with van der Waals surface area (Å²) in [6.45, 7) is 3.01. The number of nitro groups is 2. The Bertz CT molecular complexity index is 454. The predicted molar refractivity (Wildman–Crippen MR) is 49.4 cm³/mol. The van der Waals surface area contributed by atoms with Crippen LogP contribution in [0.25, 0.3) is 0 Å². The second-order valence-electron chi connectivity index (χ2n) is 2.64. The quantitative estimate of drug-likeness (QED) is 0.426. The van der Waals surface area contributed by atoms with E-state index in [1.807, 2.05) is 0 Å². The van der Waals surface area contributed by atoms with E-state index < -0.39 is 27.0 Å². The molecule has 0 aromatic heterocycles. The van der Waals surface area contributed by atoms with Gasteiger partial charge < -0.3 is 0 Å². The lowest BCUT2D eigenvalue weighted by atomic mass is 10.1. The summed E-state index contributed by atoms with van der Waals surface area (Å²) in [5.74, 6) is -0.753. The highest BCUT2D eigenvalue weighted by Crippen LogP contribution is 2.24. The van der Waals surface area contributed by atoms with Crippen molar-refractivity contribution in [3.05, 3.63) is 50.9 Å². The molecule has 1 aromatic carbocycles. The van der Waals surface area contributed by atoms with Crippen molar-refractivity contribution >= 4 is 17.2 Å². The molecule has 0 amide bonds. The first-order valence-electron chi connectivity index (χ1n) is 3.72. The molecule has 15 heavy (non-hydrogen) atoms. The van der Waals surface area contributed by atoms with Gasteiger partial charge in [-0.15, -0.1) is 0 Å². The Balaban J connectivity index is 3.40. The molecule has 1 aromatic rings. The average Bonchev–Trinajstić information content (AvgIpc) is 2.16. The summed E-state index contributed by atoms with van der Waals surface area (Å²) in [5.41, 5.74) is -1.29. The van der Waals surface area contributed by atoms with Gasteiger partial charge in [0.05, 0.1) is 21.5 Å². The Kier molecular flexibility index (Phi) is 2.75. The highest BCUT2D eigenvalue weighted by molar-refractivity contribution is 6.02. The molecule has 0 aliphatic carbocycles. The standard InChI is InChI=1S/C8H5N2O5/c1-5(11)7-3-2-6(9(12)13)4-8(7)10(14)15/h2-4H,1H2. The SMILES string of the molecule is [CH2]C(=O)c1ccc([N+](=O)[O-])cc1[N+](=O)[O-]. The van der Waals surface area contributed by atoms with E-state index in [-0.39, 0.29) is 5.56 Å². The first kappa shape index (κ1) is 10.8. The Hall–Kier alpha value is -2.31. The van der Waals surface area contributed by atoms with Crippen LogP contribution in [0.15, 0.2) is 18.2 Å². The van der Waals surface area contributed by atoms with Gasteiger partial charge in [0.15, 0.2) is 5.78 Å². The van der Waals surface area contributed by atoms with Gasteiger partial charge in [-0.3, -0.25) is 25.0 Å². The van der Waals surface area contributed by atoms with Gasteiger partial charge in [-0.25, -0.2) is 0 Å². The minimum atomic E-state index is -0.856. The second kappa shape index (κ2) is 3.82. The molecule has 0 aliphatic rings. The van der Waals surface area contributed by atoms with Crippen LogP contribution in [0.3, 0.4) is 0 Å². The molecule has 0 saturated carbocycles. The van der Waals surface area contributed by atoms with Gasteiger partial charge in [-0.05, 0) is 6.07 Å². The highest BCUT2D eigenvalue weighted by Gasteiger charge is 2.21. The summed E-state index contributed by atoms with van der Waals surface area (Å²) in [4.78, 5) is 30.1. The van der Waals surface area contributed by atoms with Gasteiger partial charge in [0, 0.05) is 13.0 Å². The molecular formula is C8H5N2O5. The third-order valence-electron chi connectivity index (χ3n) is 1.69. The molecule has 0 heterocycles. The lowest BCUT2D eigenvalue weighted by Crippen LogP contribution is -2.01. The summed E-state index contributed by atoms with van der Waals surface area (Å²) in [6.07, 6.45) is 0. The zero-order valence-corrected chi connectivity index (χ0v) is 7.37. The third-order valence-corrected chi connectivity index (χ3v) is 1.69. The zero-order valence-electron chi connectivity index (χ0n) is 7.37. The zero-order chi connectivity index (χ0) is 11.6. The van der Waals surface area contributed by atoms with Crippen molar-refractivity contribution < 1.29 is 14.6 Å². The molecule has 0 aliphatic heterocycles. The lowest BCUT2D eigenvalue weighted by molar-refractivity contribution is -0.394. The number of hydrogen-bond acceptors (Lipinski definition) is 5. The van der Waals surface area contributed by atoms with Gasteiger partial charge in [-0.2, -0.15) is 0 Å². The normalized spacial score (nSPS) is 9.67. The number of non-ortho nitro benzene ring substituents is 1. The highest BCUT2D eigenvalue weighted by atomic mass is 16.6. The van der Waals surface area contributed by atoms with Gasteiger partial charge in [0.1, 0.15) is 0 Å². The minimum Gasteiger partial charge on any atom is -0.294 e.